The third-order valence-electron chi connectivity index (χ3n) is 4.58. The molecule has 2 rings (SSSR count). The lowest BCUT2D eigenvalue weighted by Gasteiger charge is -2.30. The summed E-state index contributed by atoms with van der Waals surface area (Å²) in [7, 11) is 1.62. The smallest absolute Gasteiger partial charge is 0.255 e. The first-order valence-electron chi connectivity index (χ1n) is 8.65. The van der Waals surface area contributed by atoms with Crippen LogP contribution in [0.5, 0.6) is 0 Å². The number of hydrogen-bond donors (Lipinski definition) is 2. The largest absolute Gasteiger partial charge is 0.358 e. The van der Waals surface area contributed by atoms with E-state index < -0.39 is 0 Å². The van der Waals surface area contributed by atoms with Gasteiger partial charge in [-0.25, -0.2) is 4.98 Å². The topological polar surface area (TPSA) is 74.3 Å². The third-order valence-corrected chi connectivity index (χ3v) is 4.58. The SMILES string of the molecule is CNC(=O)C(Nc1ccc(C(=O)N2CCC(C)CC2)cn1)C(C)C. The van der Waals surface area contributed by atoms with Gasteiger partial charge in [0.25, 0.3) is 5.91 Å². The van der Waals surface area contributed by atoms with E-state index in [0.29, 0.717) is 17.3 Å². The first-order valence-corrected chi connectivity index (χ1v) is 8.65. The molecule has 2 amide bonds. The molecule has 2 N–H and O–H groups in total. The summed E-state index contributed by atoms with van der Waals surface area (Å²) in [6.07, 6.45) is 3.70. The van der Waals surface area contributed by atoms with Gasteiger partial charge in [-0.3, -0.25) is 9.59 Å². The minimum atomic E-state index is -0.354. The molecule has 132 valence electrons. The Hall–Kier alpha value is -2.11. The van der Waals surface area contributed by atoms with E-state index in [0.717, 1.165) is 25.9 Å². The Morgan fingerprint density at radius 3 is 2.42 bits per heavy atom. The van der Waals surface area contributed by atoms with Crippen molar-refractivity contribution in [2.75, 3.05) is 25.5 Å². The van der Waals surface area contributed by atoms with Gasteiger partial charge < -0.3 is 15.5 Å². The van der Waals surface area contributed by atoms with E-state index in [2.05, 4.69) is 22.5 Å². The molecule has 0 bridgehead atoms. The van der Waals surface area contributed by atoms with Crippen LogP contribution < -0.4 is 10.6 Å². The summed E-state index contributed by atoms with van der Waals surface area (Å²) in [6.45, 7) is 7.80. The van der Waals surface area contributed by atoms with E-state index in [1.165, 1.54) is 0 Å². The zero-order chi connectivity index (χ0) is 17.7. The lowest BCUT2D eigenvalue weighted by molar-refractivity contribution is -0.122. The van der Waals surface area contributed by atoms with E-state index in [1.54, 1.807) is 25.4 Å². The van der Waals surface area contributed by atoms with Gasteiger partial charge in [-0.1, -0.05) is 20.8 Å². The van der Waals surface area contributed by atoms with Crippen LogP contribution in [0.3, 0.4) is 0 Å². The highest BCUT2D eigenvalue weighted by molar-refractivity contribution is 5.94. The Morgan fingerprint density at radius 1 is 1.25 bits per heavy atom. The molecule has 6 heteroatoms. The average molecular weight is 332 g/mol. The summed E-state index contributed by atoms with van der Waals surface area (Å²) in [5.41, 5.74) is 0.594. The number of rotatable bonds is 5. The van der Waals surface area contributed by atoms with Crippen LogP contribution in [0.25, 0.3) is 0 Å². The van der Waals surface area contributed by atoms with Crippen LogP contribution in [0.4, 0.5) is 5.82 Å². The van der Waals surface area contributed by atoms with Crippen molar-refractivity contribution in [3.63, 3.8) is 0 Å². The van der Waals surface area contributed by atoms with Crippen LogP contribution in [0.2, 0.25) is 0 Å². The Labute approximate surface area is 144 Å². The molecular weight excluding hydrogens is 304 g/mol. The number of nitrogens with one attached hydrogen (secondary N) is 2. The molecule has 2 heterocycles. The van der Waals surface area contributed by atoms with Gasteiger partial charge in [-0.05, 0) is 36.8 Å². The maximum atomic E-state index is 12.5. The zero-order valence-electron chi connectivity index (χ0n) is 15.0. The highest BCUT2D eigenvalue weighted by Gasteiger charge is 2.23. The molecule has 1 unspecified atom stereocenters. The summed E-state index contributed by atoms with van der Waals surface area (Å²) >= 11 is 0. The number of nitrogens with zero attached hydrogens (tertiary/aromatic N) is 2. The number of pyridine rings is 1. The fourth-order valence-corrected chi connectivity index (χ4v) is 2.85. The monoisotopic (exact) mass is 332 g/mol. The minimum Gasteiger partial charge on any atom is -0.358 e. The van der Waals surface area contributed by atoms with E-state index in [-0.39, 0.29) is 23.8 Å². The molecule has 0 saturated carbocycles. The number of carbonyl (C=O) groups is 2. The van der Waals surface area contributed by atoms with Crippen molar-refractivity contribution in [3.8, 4) is 0 Å². The molecule has 6 nitrogen and oxygen atoms in total. The minimum absolute atomic E-state index is 0.0349. The molecule has 0 aromatic carbocycles. The summed E-state index contributed by atoms with van der Waals surface area (Å²) in [5, 5.41) is 5.79. The predicted octanol–water partition coefficient (Wildman–Crippen LogP) is 2.14. The van der Waals surface area contributed by atoms with Gasteiger partial charge in [0.2, 0.25) is 5.91 Å². The molecule has 1 aliphatic heterocycles. The van der Waals surface area contributed by atoms with Gasteiger partial charge in [0.05, 0.1) is 5.56 Å². The second kappa shape index (κ2) is 8.13. The number of likely N-dealkylation sites (tertiary alicyclic amines) is 1. The summed E-state index contributed by atoms with van der Waals surface area (Å²) in [5.74, 6) is 1.38. The predicted molar refractivity (Wildman–Crippen MR) is 94.9 cm³/mol. The first kappa shape index (κ1) is 18.2. The van der Waals surface area contributed by atoms with Gasteiger partial charge in [0, 0.05) is 26.3 Å². The Kier molecular flexibility index (Phi) is 6.17. The Bertz CT molecular complexity index is 563. The average Bonchev–Trinajstić information content (AvgIpc) is 2.59. The highest BCUT2D eigenvalue weighted by Crippen LogP contribution is 2.19. The molecule has 1 saturated heterocycles. The molecular formula is C18H28N4O2. The second-order valence-electron chi connectivity index (χ2n) is 6.89. The maximum absolute atomic E-state index is 12.5. The lowest BCUT2D eigenvalue weighted by Crippen LogP contribution is -2.41. The molecule has 0 aliphatic carbocycles. The zero-order valence-corrected chi connectivity index (χ0v) is 15.0. The van der Waals surface area contributed by atoms with Crippen molar-refractivity contribution < 1.29 is 9.59 Å². The van der Waals surface area contributed by atoms with Crippen LogP contribution >= 0.6 is 0 Å². The molecule has 1 aromatic rings. The summed E-state index contributed by atoms with van der Waals surface area (Å²) < 4.78 is 0. The molecule has 0 spiro atoms. The molecule has 1 atom stereocenters. The van der Waals surface area contributed by atoms with Crippen LogP contribution in [-0.2, 0) is 4.79 Å². The van der Waals surface area contributed by atoms with Crippen molar-refractivity contribution in [1.29, 1.82) is 0 Å². The van der Waals surface area contributed by atoms with Crippen LogP contribution in [0, 0.1) is 11.8 Å². The standard InChI is InChI=1S/C18H28N4O2/c1-12(2)16(17(23)19-4)21-15-6-5-14(11-20-15)18(24)22-9-7-13(3)8-10-22/h5-6,11-13,16H,7-10H2,1-4H3,(H,19,23)(H,20,21). The summed E-state index contributed by atoms with van der Waals surface area (Å²) in [6, 6.07) is 3.18. The van der Waals surface area contributed by atoms with Crippen LogP contribution in [-0.4, -0.2) is 47.9 Å². The summed E-state index contributed by atoms with van der Waals surface area (Å²) in [4.78, 5) is 30.6. The van der Waals surface area contributed by atoms with Crippen molar-refractivity contribution in [2.24, 2.45) is 11.8 Å². The van der Waals surface area contributed by atoms with Crippen LogP contribution in [0.15, 0.2) is 18.3 Å². The fourth-order valence-electron chi connectivity index (χ4n) is 2.85. The Balaban J connectivity index is 2.02. The van der Waals surface area contributed by atoms with Crippen molar-refractivity contribution in [3.05, 3.63) is 23.9 Å². The second-order valence-corrected chi connectivity index (χ2v) is 6.89. The molecule has 1 fully saturated rings. The number of aromatic nitrogens is 1. The van der Waals surface area contributed by atoms with E-state index in [4.69, 9.17) is 0 Å². The molecule has 24 heavy (non-hydrogen) atoms. The van der Waals surface area contributed by atoms with Crippen molar-refractivity contribution in [1.82, 2.24) is 15.2 Å². The number of amides is 2. The first-order chi connectivity index (χ1) is 11.4. The fraction of sp³-hybridized carbons (Fsp3) is 0.611. The Morgan fingerprint density at radius 2 is 1.92 bits per heavy atom. The lowest BCUT2D eigenvalue weighted by atomic mass is 9.99. The highest BCUT2D eigenvalue weighted by atomic mass is 16.2. The number of hydrogen-bond acceptors (Lipinski definition) is 4. The van der Waals surface area contributed by atoms with Gasteiger partial charge >= 0.3 is 0 Å². The van der Waals surface area contributed by atoms with Crippen molar-refractivity contribution in [2.45, 2.75) is 39.7 Å². The van der Waals surface area contributed by atoms with Crippen molar-refractivity contribution >= 4 is 17.6 Å². The normalized spacial score (nSPS) is 16.8. The molecule has 0 radical (unpaired) electrons. The van der Waals surface area contributed by atoms with E-state index in [1.807, 2.05) is 18.7 Å². The number of anilines is 1. The van der Waals surface area contributed by atoms with E-state index >= 15 is 0 Å². The molecule has 1 aromatic heterocycles. The van der Waals surface area contributed by atoms with E-state index in [9.17, 15) is 9.59 Å². The van der Waals surface area contributed by atoms with Gasteiger partial charge in [0.15, 0.2) is 0 Å². The van der Waals surface area contributed by atoms with Gasteiger partial charge in [-0.15, -0.1) is 0 Å². The number of piperidine rings is 1. The quantitative estimate of drug-likeness (QED) is 0.866. The number of carbonyl (C=O) groups excluding carboxylic acids is 2. The molecule has 1 aliphatic rings. The number of likely N-dealkylation sites (N-methyl/N-ethyl adjacent to an activating group) is 1. The van der Waals surface area contributed by atoms with Gasteiger partial charge in [-0.2, -0.15) is 0 Å². The van der Waals surface area contributed by atoms with Gasteiger partial charge in [0.1, 0.15) is 11.9 Å². The van der Waals surface area contributed by atoms with Crippen LogP contribution in [0.1, 0.15) is 44.0 Å². The maximum Gasteiger partial charge on any atom is 0.255 e. The third kappa shape index (κ3) is 4.46.